The number of amides is 1. The van der Waals surface area contributed by atoms with E-state index in [4.69, 9.17) is 0 Å². The minimum atomic E-state index is -0.361. The molecule has 1 aromatic carbocycles. The molecule has 27 heavy (non-hydrogen) atoms. The van der Waals surface area contributed by atoms with Crippen molar-refractivity contribution in [3.63, 3.8) is 0 Å². The molecule has 0 atom stereocenters. The highest BCUT2D eigenvalue weighted by atomic mass is 32.1. The predicted molar refractivity (Wildman–Crippen MR) is 106 cm³/mol. The van der Waals surface area contributed by atoms with E-state index in [1.807, 2.05) is 26.8 Å². The Bertz CT molecular complexity index is 1020. The average molecular weight is 387 g/mol. The first kappa shape index (κ1) is 19.2. The van der Waals surface area contributed by atoms with E-state index in [0.29, 0.717) is 16.8 Å². The van der Waals surface area contributed by atoms with Gasteiger partial charge < -0.3 is 5.32 Å². The summed E-state index contributed by atoms with van der Waals surface area (Å²) in [5.74, 6) is -0.556. The van der Waals surface area contributed by atoms with Crippen LogP contribution in [0.25, 0.3) is 10.2 Å². The van der Waals surface area contributed by atoms with Crippen LogP contribution in [0.15, 0.2) is 41.5 Å². The summed E-state index contributed by atoms with van der Waals surface area (Å²) in [4.78, 5) is 31.0. The molecule has 0 saturated carbocycles. The van der Waals surface area contributed by atoms with Gasteiger partial charge in [0.2, 0.25) is 5.91 Å². The summed E-state index contributed by atoms with van der Waals surface area (Å²) in [6.45, 7) is 6.26. The van der Waals surface area contributed by atoms with Gasteiger partial charge in [-0.05, 0) is 30.2 Å². The van der Waals surface area contributed by atoms with Crippen LogP contribution in [0.4, 0.5) is 4.39 Å². The van der Waals surface area contributed by atoms with Gasteiger partial charge in [-0.25, -0.2) is 9.37 Å². The van der Waals surface area contributed by atoms with E-state index in [2.05, 4.69) is 10.3 Å². The van der Waals surface area contributed by atoms with Crippen molar-refractivity contribution < 1.29 is 9.18 Å². The summed E-state index contributed by atoms with van der Waals surface area (Å²) in [5, 5.41) is 3.41. The van der Waals surface area contributed by atoms with Gasteiger partial charge in [0.25, 0.3) is 5.56 Å². The van der Waals surface area contributed by atoms with Gasteiger partial charge in [-0.1, -0.05) is 32.9 Å². The van der Waals surface area contributed by atoms with Gasteiger partial charge in [-0.2, -0.15) is 0 Å². The number of thiophene rings is 1. The van der Waals surface area contributed by atoms with Crippen molar-refractivity contribution in [3.05, 3.63) is 63.3 Å². The maximum absolute atomic E-state index is 13.1. The lowest BCUT2D eigenvalue weighted by Gasteiger charge is -2.25. The molecular formula is C20H22FN3O2S. The summed E-state index contributed by atoms with van der Waals surface area (Å²) in [6, 6.07) is 8.09. The molecule has 0 aliphatic carbocycles. The van der Waals surface area contributed by atoms with E-state index in [1.165, 1.54) is 34.4 Å². The van der Waals surface area contributed by atoms with Crippen LogP contribution in [0.1, 0.15) is 31.2 Å². The van der Waals surface area contributed by atoms with Gasteiger partial charge in [0, 0.05) is 16.8 Å². The number of hydrogen-bond donors (Lipinski definition) is 1. The molecule has 5 nitrogen and oxygen atoms in total. The molecule has 0 aliphatic heterocycles. The summed E-state index contributed by atoms with van der Waals surface area (Å²) >= 11 is 1.50. The molecule has 0 radical (unpaired) electrons. The Balaban J connectivity index is 1.69. The molecule has 0 aliphatic rings. The third-order valence-electron chi connectivity index (χ3n) is 4.58. The van der Waals surface area contributed by atoms with Gasteiger partial charge in [-0.3, -0.25) is 14.2 Å². The zero-order chi connectivity index (χ0) is 19.6. The van der Waals surface area contributed by atoms with E-state index in [9.17, 15) is 14.0 Å². The summed E-state index contributed by atoms with van der Waals surface area (Å²) < 4.78 is 14.4. The minimum absolute atomic E-state index is 0.0847. The fourth-order valence-corrected chi connectivity index (χ4v) is 3.76. The molecule has 1 N–H and O–H groups in total. The lowest BCUT2D eigenvalue weighted by atomic mass is 9.84. The van der Waals surface area contributed by atoms with Gasteiger partial charge in [0.15, 0.2) is 0 Å². The summed E-state index contributed by atoms with van der Waals surface area (Å²) in [7, 11) is 0. The highest BCUT2D eigenvalue weighted by molar-refractivity contribution is 7.18. The molecule has 142 valence electrons. The summed E-state index contributed by atoms with van der Waals surface area (Å²) in [5.41, 5.74) is 0.360. The number of benzene rings is 1. The fraction of sp³-hybridized carbons (Fsp3) is 0.350. The molecule has 7 heteroatoms. The topological polar surface area (TPSA) is 64.0 Å². The van der Waals surface area contributed by atoms with Crippen molar-refractivity contribution >= 4 is 27.5 Å². The standard InChI is InChI=1S/C20H22FN3O2S/c1-4-15-9-16-18(27-15)23-12-24(19(16)26)10-17(25)22-11-20(2,3)13-5-7-14(21)8-6-13/h5-9,12H,4,10-11H2,1-3H3,(H,22,25). The first-order valence-electron chi connectivity index (χ1n) is 8.81. The number of carbonyl (C=O) groups is 1. The number of fused-ring (bicyclic) bond motifs is 1. The number of carbonyl (C=O) groups excluding carboxylic acids is 1. The largest absolute Gasteiger partial charge is 0.354 e. The maximum atomic E-state index is 13.1. The number of nitrogens with zero attached hydrogens (tertiary/aromatic N) is 2. The van der Waals surface area contributed by atoms with Crippen molar-refractivity contribution in [2.75, 3.05) is 6.54 Å². The second kappa shape index (κ2) is 7.60. The maximum Gasteiger partial charge on any atom is 0.262 e. The smallest absolute Gasteiger partial charge is 0.262 e. The van der Waals surface area contributed by atoms with Gasteiger partial charge >= 0.3 is 0 Å². The molecular weight excluding hydrogens is 365 g/mol. The lowest BCUT2D eigenvalue weighted by molar-refractivity contribution is -0.121. The van der Waals surface area contributed by atoms with Crippen LogP contribution in [-0.4, -0.2) is 22.0 Å². The van der Waals surface area contributed by atoms with Gasteiger partial charge in [-0.15, -0.1) is 11.3 Å². The lowest BCUT2D eigenvalue weighted by Crippen LogP contribution is -2.39. The van der Waals surface area contributed by atoms with Crippen LogP contribution < -0.4 is 10.9 Å². The quantitative estimate of drug-likeness (QED) is 0.706. The van der Waals surface area contributed by atoms with E-state index in [-0.39, 0.29) is 29.2 Å². The van der Waals surface area contributed by atoms with Crippen LogP contribution in [0, 0.1) is 5.82 Å². The first-order valence-corrected chi connectivity index (χ1v) is 9.62. The monoisotopic (exact) mass is 387 g/mol. The molecule has 0 saturated heterocycles. The van der Waals surface area contributed by atoms with Crippen molar-refractivity contribution in [1.82, 2.24) is 14.9 Å². The number of aromatic nitrogens is 2. The normalized spacial score (nSPS) is 11.7. The Morgan fingerprint density at radius 3 is 2.67 bits per heavy atom. The average Bonchev–Trinajstić information content (AvgIpc) is 3.07. The Kier molecular flexibility index (Phi) is 5.41. The zero-order valence-corrected chi connectivity index (χ0v) is 16.4. The Morgan fingerprint density at radius 2 is 2.00 bits per heavy atom. The van der Waals surface area contributed by atoms with Crippen molar-refractivity contribution in [1.29, 1.82) is 0 Å². The third kappa shape index (κ3) is 4.24. The molecule has 0 spiro atoms. The highest BCUT2D eigenvalue weighted by Crippen LogP contribution is 2.23. The van der Waals surface area contributed by atoms with Gasteiger partial charge in [0.1, 0.15) is 17.2 Å². The SMILES string of the molecule is CCc1cc2c(=O)n(CC(=O)NCC(C)(C)c3ccc(F)cc3)cnc2s1. The second-order valence-corrected chi connectivity index (χ2v) is 8.25. The van der Waals surface area contributed by atoms with E-state index >= 15 is 0 Å². The van der Waals surface area contributed by atoms with Crippen molar-refractivity contribution in [2.24, 2.45) is 0 Å². The minimum Gasteiger partial charge on any atom is -0.354 e. The number of rotatable bonds is 6. The fourth-order valence-electron chi connectivity index (χ4n) is 2.83. The van der Waals surface area contributed by atoms with Crippen LogP contribution in [0.5, 0.6) is 0 Å². The van der Waals surface area contributed by atoms with E-state index < -0.39 is 0 Å². The highest BCUT2D eigenvalue weighted by Gasteiger charge is 2.21. The molecule has 2 heterocycles. The Hall–Kier alpha value is -2.54. The number of aryl methyl sites for hydroxylation is 1. The number of nitrogens with one attached hydrogen (secondary N) is 1. The van der Waals surface area contributed by atoms with Crippen LogP contribution in [0.3, 0.4) is 0 Å². The van der Waals surface area contributed by atoms with E-state index in [1.54, 1.807) is 12.1 Å². The van der Waals surface area contributed by atoms with Gasteiger partial charge in [0.05, 0.1) is 11.7 Å². The molecule has 3 rings (SSSR count). The van der Waals surface area contributed by atoms with Crippen LogP contribution in [0.2, 0.25) is 0 Å². The number of hydrogen-bond acceptors (Lipinski definition) is 4. The summed E-state index contributed by atoms with van der Waals surface area (Å²) in [6.07, 6.45) is 2.27. The molecule has 3 aromatic rings. The first-order chi connectivity index (χ1) is 12.8. The Labute approximate surface area is 160 Å². The van der Waals surface area contributed by atoms with Crippen LogP contribution >= 0.6 is 11.3 Å². The van der Waals surface area contributed by atoms with Crippen molar-refractivity contribution in [2.45, 2.75) is 39.2 Å². The van der Waals surface area contributed by atoms with E-state index in [0.717, 1.165) is 16.9 Å². The second-order valence-electron chi connectivity index (χ2n) is 7.13. The van der Waals surface area contributed by atoms with Crippen LogP contribution in [-0.2, 0) is 23.2 Å². The molecule has 0 fully saturated rings. The van der Waals surface area contributed by atoms with Crippen molar-refractivity contribution in [3.8, 4) is 0 Å². The molecule has 2 aromatic heterocycles. The Morgan fingerprint density at radius 1 is 1.30 bits per heavy atom. The third-order valence-corrected chi connectivity index (χ3v) is 5.77. The molecule has 1 amide bonds. The zero-order valence-electron chi connectivity index (χ0n) is 15.6. The molecule has 0 bridgehead atoms. The molecule has 0 unspecified atom stereocenters. The number of halogens is 1. The predicted octanol–water partition coefficient (Wildman–Crippen LogP) is 3.25.